The summed E-state index contributed by atoms with van der Waals surface area (Å²) in [5.41, 5.74) is 1.60. The van der Waals surface area contributed by atoms with Crippen LogP contribution in [0.25, 0.3) is 0 Å². The third-order valence-corrected chi connectivity index (χ3v) is 7.44. The number of amides is 1. The number of carbonyl (C=O) groups is 1. The largest absolute Gasteiger partial charge is 0.383 e. The van der Waals surface area contributed by atoms with E-state index < -0.39 is 9.84 Å². The Kier molecular flexibility index (Phi) is 9.35. The predicted molar refractivity (Wildman–Crippen MR) is 137 cm³/mol. The minimum atomic E-state index is -3.72. The third kappa shape index (κ3) is 7.07. The molecule has 0 saturated heterocycles. The Morgan fingerprint density at radius 1 is 1.14 bits per heavy atom. The van der Waals surface area contributed by atoms with Crippen LogP contribution in [0, 0.1) is 5.92 Å². The van der Waals surface area contributed by atoms with E-state index in [2.05, 4.69) is 4.98 Å². The van der Waals surface area contributed by atoms with E-state index in [0.717, 1.165) is 0 Å². The quantitative estimate of drug-likeness (QED) is 0.339. The van der Waals surface area contributed by atoms with E-state index in [1.54, 1.807) is 53.0 Å². The van der Waals surface area contributed by atoms with Crippen molar-refractivity contribution < 1.29 is 17.9 Å². The molecule has 0 fully saturated rings. The summed E-state index contributed by atoms with van der Waals surface area (Å²) >= 11 is 12.3. The number of halogens is 2. The fraction of sp³-hybridized carbons (Fsp3) is 0.360. The van der Waals surface area contributed by atoms with Gasteiger partial charge in [-0.2, -0.15) is 0 Å². The molecule has 0 bridgehead atoms. The molecule has 0 spiro atoms. The van der Waals surface area contributed by atoms with Crippen LogP contribution in [-0.2, 0) is 33.4 Å². The molecule has 2 aromatic carbocycles. The van der Waals surface area contributed by atoms with E-state index in [9.17, 15) is 13.2 Å². The van der Waals surface area contributed by atoms with Crippen LogP contribution in [0.1, 0.15) is 35.5 Å². The first-order chi connectivity index (χ1) is 16.6. The average molecular weight is 538 g/mol. The Labute approximate surface area is 216 Å². The van der Waals surface area contributed by atoms with Crippen molar-refractivity contribution >= 4 is 38.9 Å². The maximum Gasteiger partial charge on any atom is 0.255 e. The molecule has 1 heterocycles. The fourth-order valence-corrected chi connectivity index (χ4v) is 5.66. The lowest BCUT2D eigenvalue weighted by atomic mass is 10.2. The van der Waals surface area contributed by atoms with Gasteiger partial charge in [0.1, 0.15) is 0 Å². The number of ether oxygens (including phenoxy) is 1. The molecule has 0 radical (unpaired) electrons. The van der Waals surface area contributed by atoms with Crippen LogP contribution in [0.2, 0.25) is 10.0 Å². The molecule has 1 amide bonds. The van der Waals surface area contributed by atoms with E-state index in [1.165, 1.54) is 12.3 Å². The average Bonchev–Trinajstić information content (AvgIpc) is 3.19. The molecule has 0 aliphatic carbocycles. The Bertz CT molecular complexity index is 1260. The van der Waals surface area contributed by atoms with Gasteiger partial charge in [-0.1, -0.05) is 67.4 Å². The summed E-state index contributed by atoms with van der Waals surface area (Å²) in [5, 5.41) is 0.665. The molecule has 3 rings (SSSR count). The molecule has 1 aromatic heterocycles. The smallest absolute Gasteiger partial charge is 0.255 e. The molecule has 0 N–H and O–H groups in total. The summed E-state index contributed by atoms with van der Waals surface area (Å²) in [5.74, 6) is -0.313. The molecule has 0 unspecified atom stereocenters. The van der Waals surface area contributed by atoms with E-state index in [1.807, 2.05) is 19.9 Å². The summed E-state index contributed by atoms with van der Waals surface area (Å²) in [4.78, 5) is 19.2. The maximum absolute atomic E-state index is 13.4. The topological polar surface area (TPSA) is 81.5 Å². The first-order valence-corrected chi connectivity index (χ1v) is 13.6. The van der Waals surface area contributed by atoms with Crippen molar-refractivity contribution in [3.8, 4) is 0 Å². The Morgan fingerprint density at radius 2 is 1.86 bits per heavy atom. The van der Waals surface area contributed by atoms with Crippen LogP contribution < -0.4 is 0 Å². The number of hydrogen-bond acceptors (Lipinski definition) is 5. The van der Waals surface area contributed by atoms with Crippen molar-refractivity contribution in [2.24, 2.45) is 5.92 Å². The van der Waals surface area contributed by atoms with Crippen molar-refractivity contribution in [3.63, 3.8) is 0 Å². The number of hydrogen-bond donors (Lipinski definition) is 0. The van der Waals surface area contributed by atoms with Gasteiger partial charge in [-0.3, -0.25) is 4.79 Å². The molecule has 10 heteroatoms. The number of sulfone groups is 1. The molecule has 0 atom stereocenters. The highest BCUT2D eigenvalue weighted by atomic mass is 35.5. The first kappa shape index (κ1) is 27.2. The van der Waals surface area contributed by atoms with Crippen LogP contribution in [0.5, 0.6) is 0 Å². The number of methoxy groups -OCH3 is 1. The van der Waals surface area contributed by atoms with E-state index in [0.29, 0.717) is 35.0 Å². The highest BCUT2D eigenvalue weighted by molar-refractivity contribution is 7.90. The molecule has 3 aromatic rings. The summed E-state index contributed by atoms with van der Waals surface area (Å²) in [6, 6.07) is 13.7. The molecular formula is C25H29Cl2N3O4S. The van der Waals surface area contributed by atoms with Crippen LogP contribution >= 0.6 is 23.2 Å². The number of nitrogens with zero attached hydrogens (tertiary/aromatic N) is 3. The molecule has 35 heavy (non-hydrogen) atoms. The highest BCUT2D eigenvalue weighted by Gasteiger charge is 2.27. The van der Waals surface area contributed by atoms with Gasteiger partial charge in [0, 0.05) is 25.2 Å². The molecule has 7 nitrogen and oxygen atoms in total. The highest BCUT2D eigenvalue weighted by Crippen LogP contribution is 2.24. The fourth-order valence-electron chi connectivity index (χ4n) is 3.67. The molecule has 188 valence electrons. The SMILES string of the molecule is COCCN(Cc1cnc(S(=O)(=O)Cc2ccccc2)n1CC(C)C)C(=O)c1ccc(Cl)cc1Cl. The van der Waals surface area contributed by atoms with Crippen molar-refractivity contribution in [2.45, 2.75) is 37.8 Å². The number of rotatable bonds is 11. The van der Waals surface area contributed by atoms with Crippen LogP contribution in [-0.4, -0.2) is 49.0 Å². The summed E-state index contributed by atoms with van der Waals surface area (Å²) in [7, 11) is -2.17. The van der Waals surface area contributed by atoms with Crippen molar-refractivity contribution in [3.05, 3.63) is 81.6 Å². The third-order valence-electron chi connectivity index (χ3n) is 5.29. The van der Waals surface area contributed by atoms with Gasteiger partial charge in [0.2, 0.25) is 15.0 Å². The van der Waals surface area contributed by atoms with Gasteiger partial charge >= 0.3 is 0 Å². The monoisotopic (exact) mass is 537 g/mol. The Balaban J connectivity index is 1.96. The molecule has 0 aliphatic heterocycles. The second kappa shape index (κ2) is 12.0. The molecule has 0 aliphatic rings. The van der Waals surface area contributed by atoms with Gasteiger partial charge in [0.05, 0.1) is 41.4 Å². The lowest BCUT2D eigenvalue weighted by Gasteiger charge is -2.24. The predicted octanol–water partition coefficient (Wildman–Crippen LogP) is 5.11. The van der Waals surface area contributed by atoms with Gasteiger partial charge in [-0.15, -0.1) is 0 Å². The summed E-state index contributed by atoms with van der Waals surface area (Å²) < 4.78 is 33.5. The zero-order chi connectivity index (χ0) is 25.6. The second-order valence-corrected chi connectivity index (χ2v) is 11.4. The van der Waals surface area contributed by atoms with E-state index >= 15 is 0 Å². The van der Waals surface area contributed by atoms with E-state index in [4.69, 9.17) is 27.9 Å². The minimum Gasteiger partial charge on any atom is -0.383 e. The lowest BCUT2D eigenvalue weighted by molar-refractivity contribution is 0.0675. The zero-order valence-corrected chi connectivity index (χ0v) is 22.3. The van der Waals surface area contributed by atoms with Gasteiger partial charge < -0.3 is 14.2 Å². The normalized spacial score (nSPS) is 11.7. The Morgan fingerprint density at radius 3 is 2.49 bits per heavy atom. The number of carbonyl (C=O) groups excluding carboxylic acids is 1. The van der Waals surface area contributed by atoms with Crippen molar-refractivity contribution in [1.82, 2.24) is 14.5 Å². The van der Waals surface area contributed by atoms with Crippen LogP contribution in [0.3, 0.4) is 0 Å². The van der Waals surface area contributed by atoms with Crippen molar-refractivity contribution in [2.75, 3.05) is 20.3 Å². The van der Waals surface area contributed by atoms with Crippen LogP contribution in [0.4, 0.5) is 0 Å². The van der Waals surface area contributed by atoms with Crippen molar-refractivity contribution in [1.29, 1.82) is 0 Å². The minimum absolute atomic E-state index is 0.00582. The van der Waals surface area contributed by atoms with Crippen LogP contribution in [0.15, 0.2) is 59.9 Å². The number of benzene rings is 2. The second-order valence-electron chi connectivity index (χ2n) is 8.62. The number of imidazole rings is 1. The number of aromatic nitrogens is 2. The summed E-state index contributed by atoms with van der Waals surface area (Å²) in [6.07, 6.45) is 1.52. The lowest BCUT2D eigenvalue weighted by Crippen LogP contribution is -2.34. The van der Waals surface area contributed by atoms with Gasteiger partial charge in [0.25, 0.3) is 5.91 Å². The summed E-state index contributed by atoms with van der Waals surface area (Å²) in [6.45, 7) is 5.16. The van der Waals surface area contributed by atoms with Gasteiger partial charge in [0.15, 0.2) is 0 Å². The first-order valence-electron chi connectivity index (χ1n) is 11.2. The van der Waals surface area contributed by atoms with Gasteiger partial charge in [-0.05, 0) is 29.7 Å². The maximum atomic E-state index is 13.4. The van der Waals surface area contributed by atoms with Gasteiger partial charge in [-0.25, -0.2) is 13.4 Å². The zero-order valence-electron chi connectivity index (χ0n) is 19.9. The molecule has 0 saturated carbocycles. The standard InChI is InChI=1S/C25H29Cl2N3O4S/c1-18(2)15-30-21(14-28-25(30)35(32,33)17-19-7-5-4-6-8-19)16-29(11-12-34-3)24(31)22-10-9-20(26)13-23(22)27/h4-10,13-14,18H,11-12,15-17H2,1-3H3. The Hall–Kier alpha value is -2.39. The van der Waals surface area contributed by atoms with E-state index in [-0.39, 0.29) is 40.8 Å². The molecular weight excluding hydrogens is 509 g/mol.